The van der Waals surface area contributed by atoms with E-state index in [1.165, 1.54) is 10.9 Å². The maximum absolute atomic E-state index is 13.2. The summed E-state index contributed by atoms with van der Waals surface area (Å²) in [5, 5.41) is 22.2. The summed E-state index contributed by atoms with van der Waals surface area (Å²) >= 11 is 0. The van der Waals surface area contributed by atoms with Gasteiger partial charge in [-0.3, -0.25) is 37.0 Å². The molecule has 26 heteroatoms. The minimum atomic E-state index is -5.14. The molecule has 0 saturated carbocycles. The predicted molar refractivity (Wildman–Crippen MR) is 148 cm³/mol. The fraction of sp³-hybridized carbons (Fsp3) is 0.500. The van der Waals surface area contributed by atoms with Crippen LogP contribution >= 0.6 is 15.6 Å². The van der Waals surface area contributed by atoms with E-state index in [9.17, 15) is 33.9 Å². The Hall–Kier alpha value is -3.64. The minimum absolute atomic E-state index is 0.0300. The molecular weight excluding hydrogens is 664 g/mol. The molecule has 0 spiro atoms. The number of rotatable bonds is 2. The second kappa shape index (κ2) is 11.0. The molecule has 0 radical (unpaired) electrons. The van der Waals surface area contributed by atoms with Crippen molar-refractivity contribution in [1.29, 1.82) is 0 Å². The van der Waals surface area contributed by atoms with Gasteiger partial charge in [-0.25, -0.2) is 19.1 Å². The number of anilines is 3. The second-order valence-corrected chi connectivity index (χ2v) is 13.2. The van der Waals surface area contributed by atoms with Gasteiger partial charge in [0.2, 0.25) is 11.9 Å². The van der Waals surface area contributed by atoms with Crippen LogP contribution in [0.4, 0.5) is 17.7 Å². The fourth-order valence-electron chi connectivity index (χ4n) is 5.38. The molecule has 7 rings (SSSR count). The number of imidazole rings is 2. The van der Waals surface area contributed by atoms with Gasteiger partial charge in [0.05, 0.1) is 25.9 Å². The average Bonchev–Trinajstić information content (AvgIpc) is 3.72. The van der Waals surface area contributed by atoms with Crippen LogP contribution in [-0.4, -0.2) is 109 Å². The number of hydrogen-bond donors (Lipinski definition) is 8. The molecule has 46 heavy (non-hydrogen) atoms. The van der Waals surface area contributed by atoms with Crippen LogP contribution in [-0.2, 0) is 36.7 Å². The van der Waals surface area contributed by atoms with Crippen molar-refractivity contribution in [3.05, 3.63) is 23.0 Å². The van der Waals surface area contributed by atoms with Gasteiger partial charge in [0.1, 0.15) is 42.1 Å². The molecule has 3 fully saturated rings. The van der Waals surface area contributed by atoms with Crippen LogP contribution in [0.25, 0.3) is 22.3 Å². The largest absolute Gasteiger partial charge is 0.472 e. The smallest absolute Gasteiger partial charge is 0.387 e. The van der Waals surface area contributed by atoms with Gasteiger partial charge in [-0.15, -0.1) is 0 Å². The van der Waals surface area contributed by atoms with E-state index < -0.39 is 83.5 Å². The molecule has 7 heterocycles. The molecule has 2 unspecified atom stereocenters. The maximum Gasteiger partial charge on any atom is 0.472 e. The third-order valence-corrected chi connectivity index (χ3v) is 9.37. The summed E-state index contributed by atoms with van der Waals surface area (Å²) in [4.78, 5) is 55.7. The van der Waals surface area contributed by atoms with Crippen LogP contribution in [0.5, 0.6) is 0 Å². The third-order valence-electron chi connectivity index (χ3n) is 7.40. The number of aliphatic hydroxyl groups is 2. The lowest BCUT2D eigenvalue weighted by Crippen LogP contribution is -2.36. The summed E-state index contributed by atoms with van der Waals surface area (Å²) < 4.78 is 61.0. The number of hydrogen-bond acceptors (Lipinski definition) is 19. The molecular formula is C20H25N11O13P2. The summed E-state index contributed by atoms with van der Waals surface area (Å²) in [5.41, 5.74) is 16.3. The van der Waals surface area contributed by atoms with Gasteiger partial charge >= 0.3 is 15.6 Å². The van der Waals surface area contributed by atoms with Gasteiger partial charge in [-0.2, -0.15) is 15.0 Å². The highest BCUT2D eigenvalue weighted by Gasteiger charge is 2.54. The van der Waals surface area contributed by atoms with E-state index in [1.54, 1.807) is 0 Å². The highest BCUT2D eigenvalue weighted by molar-refractivity contribution is 7.47. The van der Waals surface area contributed by atoms with Gasteiger partial charge in [-0.05, 0) is 0 Å². The first-order valence-corrected chi connectivity index (χ1v) is 16.2. The first-order valence-electron chi connectivity index (χ1n) is 13.2. The Morgan fingerprint density at radius 3 is 2.11 bits per heavy atom. The Balaban J connectivity index is 1.21. The van der Waals surface area contributed by atoms with E-state index >= 15 is 0 Å². The van der Waals surface area contributed by atoms with Crippen LogP contribution in [0.15, 0.2) is 17.4 Å². The third kappa shape index (κ3) is 5.33. The number of nitrogen functional groups attached to an aromatic ring is 3. The zero-order valence-electron chi connectivity index (χ0n) is 22.9. The topological polar surface area (TPSA) is 356 Å². The Labute approximate surface area is 254 Å². The van der Waals surface area contributed by atoms with Crippen molar-refractivity contribution in [3.63, 3.8) is 0 Å². The Morgan fingerprint density at radius 1 is 0.804 bits per heavy atom. The number of H-pyrrole nitrogens is 1. The number of nitrogens with one attached hydrogen (secondary N) is 1. The standard InChI is InChI=1S/C20H25N11O13P2/c21-13-7-14(27-19(22)26-13)30(3-24-7)17-10(33)11-6(42-17)2-40-46(37,38)44-12-9(32)5(1-39-45(35,36)43-11)41-18(12)31-4-25-8-15(31)28-20(23)29-16(8)34/h3-6,9-12,17-18,32-33H,1-2H2,(H,35,36)(H,37,38)(H4,21,22,26,27)(H3,23,28,29,34)/t5-,6-,9+,10-,11-,12-,17-,18-/m1/s1. The van der Waals surface area contributed by atoms with Gasteiger partial charge in [-0.1, -0.05) is 0 Å². The summed E-state index contributed by atoms with van der Waals surface area (Å²) in [6.07, 6.45) is -10.6. The second-order valence-electron chi connectivity index (χ2n) is 10.3. The van der Waals surface area contributed by atoms with E-state index in [2.05, 4.69) is 29.9 Å². The number of nitrogens with zero attached hydrogens (tertiary/aromatic N) is 7. The first-order chi connectivity index (χ1) is 21.7. The molecule has 0 aliphatic carbocycles. The molecule has 24 nitrogen and oxygen atoms in total. The van der Waals surface area contributed by atoms with Crippen molar-refractivity contribution in [2.45, 2.75) is 49.1 Å². The SMILES string of the molecule is Nc1nc(N)c2ncn([C@@H]3O[C@@H]4COP(=O)(O)O[C@@H]5[C@@H](O)[C@@H](COP(=O)(O)O[C@H]4[C@H]3O)O[C@H]5n3cnc4c(=O)[nH]c(N)nc43)c2n1. The molecule has 3 saturated heterocycles. The number of fused-ring (bicyclic) bond motifs is 5. The number of aliphatic hydroxyl groups excluding tert-OH is 2. The Morgan fingerprint density at radius 2 is 1.39 bits per heavy atom. The lowest BCUT2D eigenvalue weighted by molar-refractivity contribution is -0.0672. The van der Waals surface area contributed by atoms with E-state index in [-0.39, 0.29) is 40.0 Å². The van der Waals surface area contributed by atoms with Gasteiger partial charge in [0.25, 0.3) is 5.56 Å². The number of nitrogens with two attached hydrogens (primary N) is 3. The molecule has 11 N–H and O–H groups in total. The van der Waals surface area contributed by atoms with Crippen LogP contribution in [0.3, 0.4) is 0 Å². The molecule has 0 amide bonds. The monoisotopic (exact) mass is 689 g/mol. The molecule has 0 aromatic carbocycles. The summed E-state index contributed by atoms with van der Waals surface area (Å²) in [6.45, 7) is -1.69. The number of phosphoric ester groups is 2. The van der Waals surface area contributed by atoms with E-state index in [1.807, 2.05) is 0 Å². The Kier molecular flexibility index (Phi) is 7.39. The van der Waals surface area contributed by atoms with E-state index in [4.69, 9.17) is 44.8 Å². The predicted octanol–water partition coefficient (Wildman–Crippen LogP) is -2.76. The summed E-state index contributed by atoms with van der Waals surface area (Å²) in [6, 6.07) is 0. The van der Waals surface area contributed by atoms with Gasteiger partial charge < -0.3 is 46.7 Å². The van der Waals surface area contributed by atoms with E-state index in [0.717, 1.165) is 10.9 Å². The lowest BCUT2D eigenvalue weighted by atomic mass is 10.1. The van der Waals surface area contributed by atoms with Crippen LogP contribution < -0.4 is 22.8 Å². The zero-order valence-corrected chi connectivity index (χ0v) is 24.7. The van der Waals surface area contributed by atoms with Crippen LogP contribution in [0, 0.1) is 0 Å². The summed E-state index contributed by atoms with van der Waals surface area (Å²) in [5.74, 6) is -0.587. The lowest BCUT2D eigenvalue weighted by Gasteiger charge is -2.25. The summed E-state index contributed by atoms with van der Waals surface area (Å²) in [7, 11) is -10.2. The number of ether oxygens (including phenoxy) is 2. The van der Waals surface area contributed by atoms with Crippen molar-refractivity contribution in [2.24, 2.45) is 0 Å². The Bertz CT molecular complexity index is 1990. The molecule has 3 aliphatic heterocycles. The number of aromatic amines is 1. The zero-order chi connectivity index (χ0) is 32.7. The molecule has 4 aromatic heterocycles. The van der Waals surface area contributed by atoms with Gasteiger partial charge in [0, 0.05) is 0 Å². The highest BCUT2D eigenvalue weighted by atomic mass is 31.2. The number of phosphoric acid groups is 2. The first kappa shape index (κ1) is 31.0. The van der Waals surface area contributed by atoms with Gasteiger partial charge in [0.15, 0.2) is 35.1 Å². The van der Waals surface area contributed by atoms with Crippen LogP contribution in [0.1, 0.15) is 12.5 Å². The van der Waals surface area contributed by atoms with Crippen molar-refractivity contribution in [1.82, 2.24) is 39.0 Å². The minimum Gasteiger partial charge on any atom is -0.387 e. The van der Waals surface area contributed by atoms with Crippen LogP contribution in [0.2, 0.25) is 0 Å². The molecule has 3 aliphatic rings. The molecule has 2 bridgehead atoms. The van der Waals surface area contributed by atoms with Crippen molar-refractivity contribution < 1.29 is 56.7 Å². The fourth-order valence-corrected chi connectivity index (χ4v) is 7.28. The van der Waals surface area contributed by atoms with E-state index in [0.29, 0.717) is 0 Å². The normalized spacial score (nSPS) is 37.1. The van der Waals surface area contributed by atoms with Crippen molar-refractivity contribution in [3.8, 4) is 0 Å². The number of aromatic nitrogens is 8. The average molecular weight is 689 g/mol. The maximum atomic E-state index is 13.2. The quantitative estimate of drug-likeness (QED) is 0.0988. The van der Waals surface area contributed by atoms with Crippen molar-refractivity contribution >= 4 is 55.7 Å². The highest BCUT2D eigenvalue weighted by Crippen LogP contribution is 2.53. The molecule has 10 atom stereocenters. The molecule has 248 valence electrons. The van der Waals surface area contributed by atoms with Crippen molar-refractivity contribution in [2.75, 3.05) is 30.4 Å². The molecule has 4 aromatic rings.